The summed E-state index contributed by atoms with van der Waals surface area (Å²) < 4.78 is 20.6. The summed E-state index contributed by atoms with van der Waals surface area (Å²) in [5.74, 6) is 0.229. The van der Waals surface area contributed by atoms with Crippen molar-refractivity contribution in [1.82, 2.24) is 19.9 Å². The van der Waals surface area contributed by atoms with Gasteiger partial charge in [0.15, 0.2) is 5.69 Å². The van der Waals surface area contributed by atoms with Crippen LogP contribution in [0.1, 0.15) is 21.6 Å². The molecular formula is C20H18ClFN4O2. The highest BCUT2D eigenvalue weighted by Gasteiger charge is 2.26. The Morgan fingerprint density at radius 3 is 2.96 bits per heavy atom. The number of para-hydroxylation sites is 1. The van der Waals surface area contributed by atoms with E-state index in [4.69, 9.17) is 16.3 Å². The van der Waals surface area contributed by atoms with Gasteiger partial charge in [-0.2, -0.15) is 0 Å². The molecule has 0 unspecified atom stereocenters. The lowest BCUT2D eigenvalue weighted by atomic mass is 10.1. The molecule has 0 spiro atoms. The number of nitrogens with zero attached hydrogens (tertiary/aromatic N) is 4. The maximum Gasteiger partial charge on any atom is 0.275 e. The van der Waals surface area contributed by atoms with Crippen molar-refractivity contribution < 1.29 is 13.9 Å². The molecule has 6 nitrogen and oxygen atoms in total. The molecular weight excluding hydrogens is 383 g/mol. The van der Waals surface area contributed by atoms with Gasteiger partial charge in [0.05, 0.1) is 19.3 Å². The standard InChI is InChI=1S/C20H18ClFN4O2/c1-25(11-16-8-13-4-2-3-5-19(13)28-16)20(27)18-12-26(24-23-18)10-14-6-7-15(22)9-17(14)21/h2-7,9,12,16H,8,10-11H2,1H3/t16-/m1/s1. The number of aromatic nitrogens is 3. The number of fused-ring (bicyclic) bond motifs is 1. The highest BCUT2D eigenvalue weighted by molar-refractivity contribution is 6.31. The number of carbonyl (C=O) groups is 1. The molecule has 3 aromatic rings. The van der Waals surface area contributed by atoms with E-state index in [1.165, 1.54) is 16.8 Å². The van der Waals surface area contributed by atoms with Gasteiger partial charge >= 0.3 is 0 Å². The Bertz CT molecular complexity index is 998. The van der Waals surface area contributed by atoms with Crippen molar-refractivity contribution >= 4 is 17.5 Å². The zero-order valence-electron chi connectivity index (χ0n) is 15.2. The fourth-order valence-electron chi connectivity index (χ4n) is 3.24. The zero-order valence-corrected chi connectivity index (χ0v) is 15.9. The van der Waals surface area contributed by atoms with Crippen LogP contribution in [0, 0.1) is 5.82 Å². The second kappa shape index (κ2) is 7.59. The molecule has 0 aliphatic carbocycles. The second-order valence-electron chi connectivity index (χ2n) is 6.77. The Labute approximate surface area is 166 Å². The number of halogens is 2. The first-order chi connectivity index (χ1) is 13.5. The molecule has 0 fully saturated rings. The van der Waals surface area contributed by atoms with E-state index in [1.807, 2.05) is 24.3 Å². The zero-order chi connectivity index (χ0) is 19.7. The number of likely N-dealkylation sites (N-methyl/N-ethyl adjacent to an activating group) is 1. The van der Waals surface area contributed by atoms with Crippen molar-refractivity contribution in [2.45, 2.75) is 19.1 Å². The van der Waals surface area contributed by atoms with Gasteiger partial charge in [-0.1, -0.05) is 41.1 Å². The van der Waals surface area contributed by atoms with Crippen molar-refractivity contribution in [3.8, 4) is 5.75 Å². The molecule has 1 atom stereocenters. The lowest BCUT2D eigenvalue weighted by Crippen LogP contribution is -2.36. The van der Waals surface area contributed by atoms with Gasteiger partial charge in [0.2, 0.25) is 0 Å². The molecule has 1 amide bonds. The van der Waals surface area contributed by atoms with Gasteiger partial charge in [0.1, 0.15) is 17.7 Å². The van der Waals surface area contributed by atoms with Crippen molar-refractivity contribution in [3.63, 3.8) is 0 Å². The molecule has 2 heterocycles. The van der Waals surface area contributed by atoms with Crippen molar-refractivity contribution in [3.05, 3.63) is 76.3 Å². The van der Waals surface area contributed by atoms with Crippen LogP contribution in [-0.4, -0.2) is 45.5 Å². The van der Waals surface area contributed by atoms with Gasteiger partial charge in [0, 0.05) is 18.5 Å². The largest absolute Gasteiger partial charge is 0.488 e. The molecule has 1 aliphatic heterocycles. The van der Waals surface area contributed by atoms with E-state index in [2.05, 4.69) is 10.3 Å². The highest BCUT2D eigenvalue weighted by atomic mass is 35.5. The Kier molecular flexibility index (Phi) is 5.00. The van der Waals surface area contributed by atoms with Crippen LogP contribution in [0.4, 0.5) is 4.39 Å². The molecule has 2 aromatic carbocycles. The smallest absolute Gasteiger partial charge is 0.275 e. The number of rotatable bonds is 5. The third-order valence-corrected chi connectivity index (χ3v) is 5.00. The van der Waals surface area contributed by atoms with Gasteiger partial charge in [0.25, 0.3) is 5.91 Å². The first-order valence-corrected chi connectivity index (χ1v) is 9.21. The van der Waals surface area contributed by atoms with Crippen LogP contribution >= 0.6 is 11.6 Å². The van der Waals surface area contributed by atoms with Gasteiger partial charge in [-0.15, -0.1) is 5.10 Å². The summed E-state index contributed by atoms with van der Waals surface area (Å²) in [7, 11) is 1.71. The average molecular weight is 401 g/mol. The third-order valence-electron chi connectivity index (χ3n) is 4.64. The van der Waals surface area contributed by atoms with Gasteiger partial charge < -0.3 is 9.64 Å². The van der Waals surface area contributed by atoms with E-state index in [9.17, 15) is 9.18 Å². The summed E-state index contributed by atoms with van der Waals surface area (Å²) in [6.07, 6.45) is 2.24. The fraction of sp³-hybridized carbons (Fsp3) is 0.250. The van der Waals surface area contributed by atoms with Crippen molar-refractivity contribution in [2.24, 2.45) is 0 Å². The van der Waals surface area contributed by atoms with E-state index in [1.54, 1.807) is 24.2 Å². The number of ether oxygens (including phenoxy) is 1. The molecule has 144 valence electrons. The molecule has 0 bridgehead atoms. The molecule has 4 rings (SSSR count). The Hall–Kier alpha value is -2.93. The van der Waals surface area contributed by atoms with Gasteiger partial charge in [-0.3, -0.25) is 4.79 Å². The lowest BCUT2D eigenvalue weighted by molar-refractivity contribution is 0.0724. The molecule has 0 N–H and O–H groups in total. The first kappa shape index (κ1) is 18.4. The molecule has 0 radical (unpaired) electrons. The lowest BCUT2D eigenvalue weighted by Gasteiger charge is -2.20. The van der Waals surface area contributed by atoms with Crippen LogP contribution in [0.3, 0.4) is 0 Å². The predicted molar refractivity (Wildman–Crippen MR) is 102 cm³/mol. The Morgan fingerprint density at radius 2 is 2.18 bits per heavy atom. The topological polar surface area (TPSA) is 60.2 Å². The van der Waals surface area contributed by atoms with Gasteiger partial charge in [-0.25, -0.2) is 9.07 Å². The van der Waals surface area contributed by atoms with Crippen LogP contribution in [0.5, 0.6) is 5.75 Å². The summed E-state index contributed by atoms with van der Waals surface area (Å²) in [5.41, 5.74) is 2.07. The van der Waals surface area contributed by atoms with Crippen LogP contribution in [0.2, 0.25) is 5.02 Å². The minimum absolute atomic E-state index is 0.0839. The van der Waals surface area contributed by atoms with Crippen LogP contribution in [-0.2, 0) is 13.0 Å². The minimum atomic E-state index is -0.402. The average Bonchev–Trinajstić information content (AvgIpc) is 3.29. The number of benzene rings is 2. The molecule has 1 aromatic heterocycles. The van der Waals surface area contributed by atoms with E-state index in [-0.39, 0.29) is 17.7 Å². The predicted octanol–water partition coefficient (Wildman–Crippen LogP) is 3.19. The quantitative estimate of drug-likeness (QED) is 0.660. The first-order valence-electron chi connectivity index (χ1n) is 8.83. The third kappa shape index (κ3) is 3.84. The van der Waals surface area contributed by atoms with E-state index < -0.39 is 5.82 Å². The Morgan fingerprint density at radius 1 is 1.36 bits per heavy atom. The van der Waals surface area contributed by atoms with Crippen LogP contribution in [0.15, 0.2) is 48.7 Å². The fourth-order valence-corrected chi connectivity index (χ4v) is 3.46. The van der Waals surface area contributed by atoms with E-state index in [0.717, 1.165) is 17.7 Å². The molecule has 1 aliphatic rings. The normalized spacial score (nSPS) is 15.2. The monoisotopic (exact) mass is 400 g/mol. The number of hydrogen-bond acceptors (Lipinski definition) is 4. The summed E-state index contributed by atoms with van der Waals surface area (Å²) in [6.45, 7) is 0.744. The van der Waals surface area contributed by atoms with Crippen molar-refractivity contribution in [1.29, 1.82) is 0 Å². The SMILES string of the molecule is CN(C[C@H]1Cc2ccccc2O1)C(=O)c1cn(Cc2ccc(F)cc2Cl)nn1. The molecule has 28 heavy (non-hydrogen) atoms. The van der Waals surface area contributed by atoms with Crippen LogP contribution in [0.25, 0.3) is 0 Å². The Balaban J connectivity index is 1.39. The summed E-state index contributed by atoms with van der Waals surface area (Å²) >= 11 is 6.04. The van der Waals surface area contributed by atoms with E-state index >= 15 is 0 Å². The number of hydrogen-bond donors (Lipinski definition) is 0. The summed E-state index contributed by atoms with van der Waals surface area (Å²) in [4.78, 5) is 14.2. The summed E-state index contributed by atoms with van der Waals surface area (Å²) in [6, 6.07) is 12.0. The van der Waals surface area contributed by atoms with E-state index in [0.29, 0.717) is 23.7 Å². The van der Waals surface area contributed by atoms with Crippen LogP contribution < -0.4 is 4.74 Å². The molecule has 0 saturated heterocycles. The second-order valence-corrected chi connectivity index (χ2v) is 7.18. The number of carbonyl (C=O) groups excluding carboxylic acids is 1. The minimum Gasteiger partial charge on any atom is -0.488 e. The maximum atomic E-state index is 13.2. The van der Waals surface area contributed by atoms with Crippen molar-refractivity contribution in [2.75, 3.05) is 13.6 Å². The maximum absolute atomic E-state index is 13.2. The van der Waals surface area contributed by atoms with Gasteiger partial charge in [-0.05, 0) is 29.3 Å². The summed E-state index contributed by atoms with van der Waals surface area (Å²) in [5, 5.41) is 8.24. The number of amides is 1. The highest BCUT2D eigenvalue weighted by Crippen LogP contribution is 2.28. The molecule has 0 saturated carbocycles. The molecule has 8 heteroatoms.